The lowest BCUT2D eigenvalue weighted by Crippen LogP contribution is -2.11. The molecule has 1 aromatic heterocycles. The summed E-state index contributed by atoms with van der Waals surface area (Å²) >= 11 is 0. The second kappa shape index (κ2) is 15.2. The number of hydrogen-bond acceptors (Lipinski definition) is 8. The fourth-order valence-electron chi connectivity index (χ4n) is 6.41. The van der Waals surface area contributed by atoms with Crippen LogP contribution < -0.4 is 4.90 Å². The Hall–Kier alpha value is -7.13. The lowest BCUT2D eigenvalue weighted by molar-refractivity contribution is -0.141. The van der Waals surface area contributed by atoms with Crippen molar-refractivity contribution >= 4 is 68.0 Å². The fourth-order valence-corrected chi connectivity index (χ4v) is 6.41. The van der Waals surface area contributed by atoms with Gasteiger partial charge in [-0.3, -0.25) is 4.79 Å². The average molecular weight is 713 g/mol. The molecule has 6 aromatic carbocycles. The van der Waals surface area contributed by atoms with E-state index in [0.29, 0.717) is 22.6 Å². The molecule has 7 rings (SSSR count). The highest BCUT2D eigenvalue weighted by Gasteiger charge is 2.17. The highest BCUT2D eigenvalue weighted by atomic mass is 16.7. The number of anilines is 3. The van der Waals surface area contributed by atoms with Crippen LogP contribution in [0.15, 0.2) is 156 Å². The van der Waals surface area contributed by atoms with Crippen LogP contribution in [0, 0.1) is 0 Å². The molecule has 0 saturated heterocycles. The van der Waals surface area contributed by atoms with Crippen molar-refractivity contribution in [1.82, 2.24) is 4.57 Å². The van der Waals surface area contributed by atoms with E-state index >= 15 is 0 Å². The molecule has 54 heavy (non-hydrogen) atoms. The van der Waals surface area contributed by atoms with Gasteiger partial charge in [0.15, 0.2) is 5.78 Å². The number of para-hydroxylation sites is 2. The van der Waals surface area contributed by atoms with Crippen LogP contribution in [-0.2, 0) is 19.3 Å². The minimum Gasteiger partial charge on any atom is -0.318 e. The van der Waals surface area contributed by atoms with Crippen molar-refractivity contribution in [1.29, 1.82) is 0 Å². The Labute approximate surface area is 312 Å². The Kier molecular flexibility index (Phi) is 9.95. The van der Waals surface area contributed by atoms with E-state index in [0.717, 1.165) is 44.9 Å². The topological polar surface area (TPSA) is 103 Å². The summed E-state index contributed by atoms with van der Waals surface area (Å²) in [7, 11) is 0. The Morgan fingerprint density at radius 2 is 0.815 bits per heavy atom. The van der Waals surface area contributed by atoms with Gasteiger partial charge in [0.1, 0.15) is 0 Å². The largest absolute Gasteiger partial charge is 0.331 e. The van der Waals surface area contributed by atoms with Gasteiger partial charge in [0.05, 0.1) is 22.5 Å². The predicted octanol–water partition coefficient (Wildman–Crippen LogP) is 10.1. The molecule has 0 atom stereocenters. The van der Waals surface area contributed by atoms with Crippen LogP contribution in [0.5, 0.6) is 0 Å². The van der Waals surface area contributed by atoms with E-state index in [4.69, 9.17) is 9.68 Å². The maximum atomic E-state index is 13.8. The Balaban J connectivity index is 1.18. The number of benzene rings is 6. The van der Waals surface area contributed by atoms with Gasteiger partial charge < -0.3 is 19.1 Å². The van der Waals surface area contributed by atoms with Gasteiger partial charge in [-0.05, 0) is 110 Å². The van der Waals surface area contributed by atoms with Crippen molar-refractivity contribution in [3.63, 3.8) is 0 Å². The van der Waals surface area contributed by atoms with Crippen LogP contribution in [0.2, 0.25) is 0 Å². The van der Waals surface area contributed by atoms with Crippen molar-refractivity contribution in [2.45, 2.75) is 27.7 Å². The number of rotatable bonds is 10. The third-order valence-electron chi connectivity index (χ3n) is 9.06. The summed E-state index contributed by atoms with van der Waals surface area (Å²) in [6.07, 6.45) is 0. The van der Waals surface area contributed by atoms with E-state index < -0.39 is 11.9 Å². The minimum absolute atomic E-state index is 0.0827. The van der Waals surface area contributed by atoms with Gasteiger partial charge in [-0.1, -0.05) is 71.0 Å². The first-order valence-corrected chi connectivity index (χ1v) is 17.4. The fraction of sp³-hybridized carbons (Fsp3) is 0.0889. The first-order valence-electron chi connectivity index (χ1n) is 17.4. The summed E-state index contributed by atoms with van der Waals surface area (Å²) in [5.74, 6) is -1.07. The second-order valence-electron chi connectivity index (χ2n) is 12.7. The van der Waals surface area contributed by atoms with Crippen molar-refractivity contribution in [2.24, 2.45) is 10.3 Å². The molecule has 0 unspecified atom stereocenters. The number of hydrogen-bond donors (Lipinski definition) is 0. The molecule has 0 bridgehead atoms. The normalized spacial score (nSPS) is 11.8. The smallest absolute Gasteiger partial charge is 0.318 e. The first-order chi connectivity index (χ1) is 26.2. The molecule has 0 radical (unpaired) electrons. The standard InChI is InChI=1S/C45H36N4O5/c1-29(46-53-31(3)50)33-13-21-37(22-14-33)48(38-23-15-34(16-24-38)30(2)47-54-32(4)51)39-25-17-35(18-26-39)45(52)36-19-27-40(28-20-36)49-43-11-7-5-9-41(43)42-10-6-8-12-44(42)49/h5-28H,1-4H3/b46-29-,47-30?. The van der Waals surface area contributed by atoms with Gasteiger partial charge in [0.2, 0.25) is 0 Å². The van der Waals surface area contributed by atoms with Crippen LogP contribution in [-0.4, -0.2) is 33.7 Å². The molecule has 0 fully saturated rings. The lowest BCUT2D eigenvalue weighted by atomic mass is 10.0. The summed E-state index contributed by atoms with van der Waals surface area (Å²) in [6.45, 7) is 6.13. The van der Waals surface area contributed by atoms with Gasteiger partial charge >= 0.3 is 11.9 Å². The molecule has 0 amide bonds. The van der Waals surface area contributed by atoms with Crippen molar-refractivity contribution < 1.29 is 24.1 Å². The third kappa shape index (κ3) is 7.29. The molecule has 0 N–H and O–H groups in total. The van der Waals surface area contributed by atoms with Gasteiger partial charge in [-0.15, -0.1) is 0 Å². The third-order valence-corrected chi connectivity index (χ3v) is 9.06. The molecule has 0 saturated carbocycles. The average Bonchev–Trinajstić information content (AvgIpc) is 3.54. The van der Waals surface area contributed by atoms with Gasteiger partial charge in [0.25, 0.3) is 0 Å². The zero-order valence-electron chi connectivity index (χ0n) is 30.2. The SMILES string of the molecule is CC(=O)ON=C(C)c1ccc(N(c2ccc(C(=O)c3ccc(-n4c5ccccc5c5ccccc54)cc3)cc2)c2ccc(/C(C)=N\OC(C)=O)cc2)cc1. The highest BCUT2D eigenvalue weighted by Crippen LogP contribution is 2.36. The predicted molar refractivity (Wildman–Crippen MR) is 213 cm³/mol. The number of ketones is 1. The van der Waals surface area contributed by atoms with E-state index in [1.54, 1.807) is 13.8 Å². The zero-order valence-corrected chi connectivity index (χ0v) is 30.2. The summed E-state index contributed by atoms with van der Waals surface area (Å²) < 4.78 is 2.23. The lowest BCUT2D eigenvalue weighted by Gasteiger charge is -2.26. The molecular weight excluding hydrogens is 677 g/mol. The summed E-state index contributed by atoms with van der Waals surface area (Å²) in [4.78, 5) is 48.0. The van der Waals surface area contributed by atoms with E-state index in [1.807, 2.05) is 109 Å². The number of carbonyl (C=O) groups is 3. The van der Waals surface area contributed by atoms with Crippen molar-refractivity contribution in [2.75, 3.05) is 4.90 Å². The van der Waals surface area contributed by atoms with E-state index in [2.05, 4.69) is 56.2 Å². The van der Waals surface area contributed by atoms with Gasteiger partial charge in [0, 0.05) is 58.5 Å². The van der Waals surface area contributed by atoms with Crippen LogP contribution in [0.25, 0.3) is 27.5 Å². The number of oxime groups is 2. The number of aromatic nitrogens is 1. The zero-order chi connectivity index (χ0) is 37.8. The summed E-state index contributed by atoms with van der Waals surface area (Å²) in [5.41, 5.74) is 9.55. The minimum atomic E-state index is -0.493. The Morgan fingerprint density at radius 1 is 0.463 bits per heavy atom. The number of carbonyl (C=O) groups excluding carboxylic acids is 3. The monoisotopic (exact) mass is 712 g/mol. The maximum absolute atomic E-state index is 13.8. The molecule has 266 valence electrons. The maximum Gasteiger partial charge on any atom is 0.331 e. The van der Waals surface area contributed by atoms with Gasteiger partial charge in [-0.25, -0.2) is 9.59 Å². The Bertz CT molecular complexity index is 2440. The highest BCUT2D eigenvalue weighted by molar-refractivity contribution is 6.11. The van der Waals surface area contributed by atoms with Crippen LogP contribution in [0.3, 0.4) is 0 Å². The van der Waals surface area contributed by atoms with E-state index in [-0.39, 0.29) is 5.78 Å². The number of nitrogens with zero attached hydrogens (tertiary/aromatic N) is 4. The van der Waals surface area contributed by atoms with Crippen LogP contribution in [0.4, 0.5) is 17.1 Å². The molecule has 0 aliphatic heterocycles. The molecule has 1 heterocycles. The van der Waals surface area contributed by atoms with Crippen molar-refractivity contribution in [3.05, 3.63) is 168 Å². The number of fused-ring (bicyclic) bond motifs is 3. The quantitative estimate of drug-likeness (QED) is 0.0605. The molecule has 0 aliphatic rings. The Morgan fingerprint density at radius 3 is 1.20 bits per heavy atom. The molecule has 0 aliphatic carbocycles. The molecule has 9 heteroatoms. The van der Waals surface area contributed by atoms with Gasteiger partial charge in [-0.2, -0.15) is 0 Å². The molecule has 9 nitrogen and oxygen atoms in total. The van der Waals surface area contributed by atoms with E-state index in [9.17, 15) is 14.4 Å². The first kappa shape index (κ1) is 35.3. The van der Waals surface area contributed by atoms with Crippen molar-refractivity contribution in [3.8, 4) is 5.69 Å². The van der Waals surface area contributed by atoms with E-state index in [1.165, 1.54) is 24.6 Å². The molecular formula is C45H36N4O5. The second-order valence-corrected chi connectivity index (χ2v) is 12.7. The van der Waals surface area contributed by atoms with Crippen LogP contribution in [0.1, 0.15) is 54.7 Å². The summed E-state index contributed by atoms with van der Waals surface area (Å²) in [5, 5.41) is 10.2. The molecule has 0 spiro atoms. The summed E-state index contributed by atoms with van der Waals surface area (Å²) in [6, 6.07) is 47.3. The molecule has 7 aromatic rings. The van der Waals surface area contributed by atoms with Crippen LogP contribution >= 0.6 is 0 Å².